The number of aliphatic imine (C=N–C) groups is 1. The van der Waals surface area contributed by atoms with Crippen LogP contribution in [-0.2, 0) is 12.8 Å². The zero-order valence-electron chi connectivity index (χ0n) is 13.0. The van der Waals surface area contributed by atoms with E-state index in [-0.39, 0.29) is 24.0 Å². The Hall–Kier alpha value is -0.670. The molecule has 4 nitrogen and oxygen atoms in total. The van der Waals surface area contributed by atoms with Crippen molar-refractivity contribution >= 4 is 52.6 Å². The zero-order valence-corrected chi connectivity index (χ0v) is 16.9. The lowest BCUT2D eigenvalue weighted by atomic mass is 10.3. The molecule has 2 N–H and O–H groups in total. The maximum absolute atomic E-state index is 4.61. The van der Waals surface area contributed by atoms with E-state index in [1.54, 1.807) is 22.7 Å². The van der Waals surface area contributed by atoms with Crippen LogP contribution in [0.3, 0.4) is 0 Å². The van der Waals surface area contributed by atoms with Gasteiger partial charge in [0.2, 0.25) is 0 Å². The Morgan fingerprint density at radius 3 is 2.77 bits per heavy atom. The van der Waals surface area contributed by atoms with E-state index in [1.165, 1.54) is 4.88 Å². The van der Waals surface area contributed by atoms with Crippen LogP contribution >= 0.6 is 46.7 Å². The molecule has 0 bridgehead atoms. The van der Waals surface area contributed by atoms with Gasteiger partial charge in [0.1, 0.15) is 0 Å². The van der Waals surface area contributed by atoms with Crippen molar-refractivity contribution in [3.63, 3.8) is 0 Å². The highest BCUT2D eigenvalue weighted by Crippen LogP contribution is 2.09. The van der Waals surface area contributed by atoms with Gasteiger partial charge in [-0.2, -0.15) is 0 Å². The van der Waals surface area contributed by atoms with Crippen molar-refractivity contribution in [1.29, 1.82) is 0 Å². The van der Waals surface area contributed by atoms with Gasteiger partial charge in [-0.05, 0) is 25.3 Å². The summed E-state index contributed by atoms with van der Waals surface area (Å²) in [5, 5.41) is 12.0. The van der Waals surface area contributed by atoms with E-state index in [9.17, 15) is 0 Å². The van der Waals surface area contributed by atoms with Gasteiger partial charge in [-0.15, -0.1) is 46.7 Å². The van der Waals surface area contributed by atoms with E-state index in [4.69, 9.17) is 0 Å². The predicted molar refractivity (Wildman–Crippen MR) is 108 cm³/mol. The van der Waals surface area contributed by atoms with Gasteiger partial charge in [0.15, 0.2) is 5.96 Å². The summed E-state index contributed by atoms with van der Waals surface area (Å²) in [4.78, 5) is 10.5. The Balaban J connectivity index is 0.00000242. The molecule has 0 aliphatic heterocycles. The Labute approximate surface area is 157 Å². The second-order valence-corrected chi connectivity index (χ2v) is 6.72. The molecule has 7 heteroatoms. The number of hydrogen-bond donors (Lipinski definition) is 2. The molecule has 0 aromatic carbocycles. The Morgan fingerprint density at radius 2 is 2.14 bits per heavy atom. The molecule has 0 amide bonds. The maximum Gasteiger partial charge on any atom is 0.191 e. The summed E-state index contributed by atoms with van der Waals surface area (Å²) in [7, 11) is 0. The number of thiazole rings is 1. The number of rotatable bonds is 7. The van der Waals surface area contributed by atoms with Gasteiger partial charge < -0.3 is 10.6 Å². The highest BCUT2D eigenvalue weighted by atomic mass is 127. The second-order valence-electron chi connectivity index (χ2n) is 4.62. The average molecular weight is 450 g/mol. The third kappa shape index (κ3) is 7.06. The molecule has 0 aliphatic carbocycles. The van der Waals surface area contributed by atoms with E-state index in [0.717, 1.165) is 49.1 Å². The molecule has 2 aromatic heterocycles. The number of nitrogens with zero attached hydrogens (tertiary/aromatic N) is 2. The minimum atomic E-state index is 0. The number of aromatic nitrogens is 1. The maximum atomic E-state index is 4.61. The van der Waals surface area contributed by atoms with Gasteiger partial charge in [-0.1, -0.05) is 6.07 Å². The lowest BCUT2D eigenvalue weighted by Crippen LogP contribution is -2.38. The Kier molecular flexibility index (Phi) is 9.65. The summed E-state index contributed by atoms with van der Waals surface area (Å²) >= 11 is 3.49. The third-order valence-corrected chi connectivity index (χ3v) is 4.65. The molecule has 0 spiro atoms. The first kappa shape index (κ1) is 19.4. The van der Waals surface area contributed by atoms with Crippen molar-refractivity contribution in [2.45, 2.75) is 26.7 Å². The molecule has 122 valence electrons. The van der Waals surface area contributed by atoms with Crippen LogP contribution in [0.5, 0.6) is 0 Å². The summed E-state index contributed by atoms with van der Waals surface area (Å²) in [5.41, 5.74) is 1.15. The van der Waals surface area contributed by atoms with Gasteiger partial charge in [-0.25, -0.2) is 4.98 Å². The Morgan fingerprint density at radius 1 is 1.27 bits per heavy atom. The van der Waals surface area contributed by atoms with Gasteiger partial charge in [0, 0.05) is 42.7 Å². The minimum Gasteiger partial charge on any atom is -0.357 e. The molecule has 0 atom stereocenters. The standard InChI is InChI=1S/C15H22N4S2.HI/c1-3-16-15(18-9-7-14-5-4-10-20-14)17-8-6-13-11-21-12(2)19-13;/h4-5,10-11H,3,6-9H2,1-2H3,(H2,16,17,18);1H. The summed E-state index contributed by atoms with van der Waals surface area (Å²) in [5.74, 6) is 0.890. The first-order chi connectivity index (χ1) is 10.3. The van der Waals surface area contributed by atoms with Gasteiger partial charge in [0.05, 0.1) is 10.7 Å². The highest BCUT2D eigenvalue weighted by molar-refractivity contribution is 14.0. The quantitative estimate of drug-likeness (QED) is 0.386. The van der Waals surface area contributed by atoms with Crippen molar-refractivity contribution in [3.05, 3.63) is 38.5 Å². The van der Waals surface area contributed by atoms with Crippen LogP contribution in [0.1, 0.15) is 22.5 Å². The van der Waals surface area contributed by atoms with Crippen LogP contribution in [0.15, 0.2) is 27.9 Å². The second kappa shape index (κ2) is 11.0. The minimum absolute atomic E-state index is 0. The fraction of sp³-hybridized carbons (Fsp3) is 0.467. The largest absolute Gasteiger partial charge is 0.357 e. The van der Waals surface area contributed by atoms with Crippen LogP contribution in [0.2, 0.25) is 0 Å². The van der Waals surface area contributed by atoms with Crippen molar-refractivity contribution in [2.75, 3.05) is 19.6 Å². The van der Waals surface area contributed by atoms with E-state index in [1.807, 2.05) is 6.92 Å². The highest BCUT2D eigenvalue weighted by Gasteiger charge is 2.00. The van der Waals surface area contributed by atoms with Crippen LogP contribution in [0, 0.1) is 6.92 Å². The molecule has 0 saturated heterocycles. The van der Waals surface area contributed by atoms with Gasteiger partial charge in [0.25, 0.3) is 0 Å². The zero-order chi connectivity index (χ0) is 14.9. The fourth-order valence-corrected chi connectivity index (χ4v) is 3.25. The van der Waals surface area contributed by atoms with Crippen LogP contribution in [0.4, 0.5) is 0 Å². The normalized spacial score (nSPS) is 11.1. The molecule has 0 saturated carbocycles. The third-order valence-electron chi connectivity index (χ3n) is 2.89. The van der Waals surface area contributed by atoms with Crippen molar-refractivity contribution in [2.24, 2.45) is 4.99 Å². The van der Waals surface area contributed by atoms with Gasteiger partial charge >= 0.3 is 0 Å². The number of hydrogen-bond acceptors (Lipinski definition) is 4. The lowest BCUT2D eigenvalue weighted by Gasteiger charge is -2.10. The topological polar surface area (TPSA) is 49.3 Å². The first-order valence-electron chi connectivity index (χ1n) is 7.23. The van der Waals surface area contributed by atoms with E-state index >= 15 is 0 Å². The van der Waals surface area contributed by atoms with Crippen LogP contribution in [0.25, 0.3) is 0 Å². The molecule has 0 aliphatic rings. The lowest BCUT2D eigenvalue weighted by molar-refractivity contribution is 0.788. The van der Waals surface area contributed by atoms with Crippen LogP contribution in [-0.4, -0.2) is 30.6 Å². The average Bonchev–Trinajstić information content (AvgIpc) is 3.11. The summed E-state index contributed by atoms with van der Waals surface area (Å²) in [6.07, 6.45) is 1.93. The smallest absolute Gasteiger partial charge is 0.191 e. The number of guanidine groups is 1. The molecule has 22 heavy (non-hydrogen) atoms. The number of nitrogens with one attached hydrogen (secondary N) is 2. The number of aryl methyl sites for hydroxylation is 1. The summed E-state index contributed by atoms with van der Waals surface area (Å²) < 4.78 is 0. The molecule has 0 unspecified atom stereocenters. The monoisotopic (exact) mass is 450 g/mol. The molecule has 0 radical (unpaired) electrons. The van der Waals surface area contributed by atoms with Crippen molar-refractivity contribution in [3.8, 4) is 0 Å². The van der Waals surface area contributed by atoms with E-state index in [0.29, 0.717) is 0 Å². The number of halogens is 1. The predicted octanol–water partition coefficient (Wildman–Crippen LogP) is 3.47. The Bertz CT molecular complexity index is 552. The molecule has 2 rings (SSSR count). The molecule has 2 heterocycles. The van der Waals surface area contributed by atoms with E-state index < -0.39 is 0 Å². The molecular formula is C15H23IN4S2. The summed E-state index contributed by atoms with van der Waals surface area (Å²) in [6.45, 7) is 6.66. The SMILES string of the molecule is CCNC(=NCCc1cccs1)NCCc1csc(C)n1.I. The first-order valence-corrected chi connectivity index (χ1v) is 8.99. The number of thiophene rings is 1. The molecule has 0 fully saturated rings. The van der Waals surface area contributed by atoms with Crippen molar-refractivity contribution < 1.29 is 0 Å². The van der Waals surface area contributed by atoms with Crippen molar-refractivity contribution in [1.82, 2.24) is 15.6 Å². The summed E-state index contributed by atoms with van der Waals surface area (Å²) in [6, 6.07) is 4.24. The molecular weight excluding hydrogens is 427 g/mol. The van der Waals surface area contributed by atoms with E-state index in [2.05, 4.69) is 50.4 Å². The molecule has 2 aromatic rings. The fourth-order valence-electron chi connectivity index (χ4n) is 1.91. The van der Waals surface area contributed by atoms with Crippen LogP contribution < -0.4 is 10.6 Å². The van der Waals surface area contributed by atoms with Gasteiger partial charge in [-0.3, -0.25) is 4.99 Å².